The lowest BCUT2D eigenvalue weighted by Gasteiger charge is -2.10. The van der Waals surface area contributed by atoms with Crippen molar-refractivity contribution < 1.29 is 4.74 Å². The summed E-state index contributed by atoms with van der Waals surface area (Å²) in [5.41, 5.74) is 3.57. The highest BCUT2D eigenvalue weighted by Gasteiger charge is 2.17. The van der Waals surface area contributed by atoms with Crippen LogP contribution in [0, 0.1) is 0 Å². The number of nitrogens with one attached hydrogen (secondary N) is 1. The highest BCUT2D eigenvalue weighted by Crippen LogP contribution is 2.32. The first-order valence-electron chi connectivity index (χ1n) is 7.32. The average molecular weight is 350 g/mol. The van der Waals surface area contributed by atoms with E-state index in [0.29, 0.717) is 6.04 Å². The summed E-state index contributed by atoms with van der Waals surface area (Å²) in [4.78, 5) is 0. The molecular formula is C16H20BrN3O. The number of aromatic nitrogens is 2. The van der Waals surface area contributed by atoms with Crippen LogP contribution in [0.15, 0.2) is 28.9 Å². The Hall–Kier alpha value is -1.33. The summed E-state index contributed by atoms with van der Waals surface area (Å²) in [6.07, 6.45) is 3.03. The van der Waals surface area contributed by atoms with Crippen LogP contribution in [-0.4, -0.2) is 16.4 Å². The first-order chi connectivity index (χ1) is 10.1. The Morgan fingerprint density at radius 3 is 3.00 bits per heavy atom. The molecule has 0 spiro atoms. The van der Waals surface area contributed by atoms with Crippen molar-refractivity contribution in [1.82, 2.24) is 15.1 Å². The zero-order chi connectivity index (χ0) is 14.8. The molecule has 0 atom stereocenters. The van der Waals surface area contributed by atoms with Crippen LogP contribution in [0.2, 0.25) is 0 Å². The Bertz CT molecular complexity index is 636. The van der Waals surface area contributed by atoms with Gasteiger partial charge in [0.25, 0.3) is 0 Å². The quantitative estimate of drug-likeness (QED) is 0.898. The molecule has 0 saturated carbocycles. The lowest BCUT2D eigenvalue weighted by Crippen LogP contribution is -2.14. The summed E-state index contributed by atoms with van der Waals surface area (Å²) < 4.78 is 8.84. The monoisotopic (exact) mass is 349 g/mol. The van der Waals surface area contributed by atoms with Crippen LogP contribution in [0.25, 0.3) is 0 Å². The highest BCUT2D eigenvalue weighted by atomic mass is 79.9. The van der Waals surface area contributed by atoms with Crippen LogP contribution in [0.3, 0.4) is 0 Å². The molecule has 3 rings (SSSR count). The number of rotatable bonds is 5. The number of ether oxygens (including phenoxy) is 1. The Balaban J connectivity index is 1.63. The van der Waals surface area contributed by atoms with Crippen molar-refractivity contribution in [3.63, 3.8) is 0 Å². The van der Waals surface area contributed by atoms with Gasteiger partial charge in [0.1, 0.15) is 5.75 Å². The Morgan fingerprint density at radius 2 is 2.24 bits per heavy atom. The van der Waals surface area contributed by atoms with E-state index in [1.54, 1.807) is 0 Å². The zero-order valence-corrected chi connectivity index (χ0v) is 14.0. The summed E-state index contributed by atoms with van der Waals surface area (Å²) in [6, 6.07) is 6.75. The zero-order valence-electron chi connectivity index (χ0n) is 12.4. The van der Waals surface area contributed by atoms with Gasteiger partial charge >= 0.3 is 0 Å². The molecule has 0 fully saturated rings. The van der Waals surface area contributed by atoms with Gasteiger partial charge in [-0.1, -0.05) is 15.9 Å². The molecular weight excluding hydrogens is 330 g/mol. The molecule has 2 heterocycles. The molecule has 0 aliphatic carbocycles. The van der Waals surface area contributed by atoms with Crippen molar-refractivity contribution in [2.75, 3.05) is 6.61 Å². The molecule has 0 amide bonds. The van der Waals surface area contributed by atoms with Crippen molar-refractivity contribution in [3.05, 3.63) is 45.7 Å². The van der Waals surface area contributed by atoms with Gasteiger partial charge in [0.15, 0.2) is 0 Å². The van der Waals surface area contributed by atoms with E-state index in [1.807, 2.05) is 10.9 Å². The minimum atomic E-state index is 0.403. The minimum Gasteiger partial charge on any atom is -0.493 e. The fourth-order valence-corrected chi connectivity index (χ4v) is 3.11. The number of hydrogen-bond donors (Lipinski definition) is 1. The summed E-state index contributed by atoms with van der Waals surface area (Å²) in [7, 11) is 0. The normalized spacial score (nSPS) is 13.5. The largest absolute Gasteiger partial charge is 0.493 e. The van der Waals surface area contributed by atoms with Crippen LogP contribution in [-0.2, 0) is 19.5 Å². The SMILES string of the molecule is CC(C)n1ccc(CNCc2cc(Br)cc3c2OCC3)n1. The predicted octanol–water partition coefficient (Wildman–Crippen LogP) is 3.45. The van der Waals surface area contributed by atoms with Crippen LogP contribution in [0.1, 0.15) is 36.7 Å². The van der Waals surface area contributed by atoms with Crippen molar-refractivity contribution in [1.29, 1.82) is 0 Å². The van der Waals surface area contributed by atoms with E-state index in [0.717, 1.165) is 42.0 Å². The molecule has 1 aliphatic heterocycles. The van der Waals surface area contributed by atoms with Crippen molar-refractivity contribution >= 4 is 15.9 Å². The first-order valence-corrected chi connectivity index (χ1v) is 8.11. The minimum absolute atomic E-state index is 0.403. The second-order valence-electron chi connectivity index (χ2n) is 5.64. The summed E-state index contributed by atoms with van der Waals surface area (Å²) >= 11 is 3.57. The lowest BCUT2D eigenvalue weighted by molar-refractivity contribution is 0.352. The maximum atomic E-state index is 5.74. The molecule has 0 unspecified atom stereocenters. The van der Waals surface area contributed by atoms with E-state index in [1.165, 1.54) is 11.1 Å². The van der Waals surface area contributed by atoms with Gasteiger partial charge in [0, 0.05) is 41.8 Å². The molecule has 0 radical (unpaired) electrons. The number of nitrogens with zero attached hydrogens (tertiary/aromatic N) is 2. The first kappa shape index (κ1) is 14.6. The average Bonchev–Trinajstić information content (AvgIpc) is 3.06. The Labute approximate surface area is 133 Å². The molecule has 2 aromatic rings. The van der Waals surface area contributed by atoms with Gasteiger partial charge in [0.2, 0.25) is 0 Å². The molecule has 5 heteroatoms. The third kappa shape index (κ3) is 3.30. The Morgan fingerprint density at radius 1 is 1.38 bits per heavy atom. The number of benzene rings is 1. The number of halogens is 1. The summed E-state index contributed by atoms with van der Waals surface area (Å²) in [6.45, 7) is 6.60. The van der Waals surface area contributed by atoms with Crippen LogP contribution in [0.4, 0.5) is 0 Å². The third-order valence-corrected chi connectivity index (χ3v) is 4.10. The molecule has 1 aromatic carbocycles. The van der Waals surface area contributed by atoms with Gasteiger partial charge in [-0.2, -0.15) is 5.10 Å². The van der Waals surface area contributed by atoms with Crippen LogP contribution in [0.5, 0.6) is 5.75 Å². The standard InChI is InChI=1S/C16H20BrN3O/c1-11(2)20-5-3-15(19-20)10-18-9-13-8-14(17)7-12-4-6-21-16(12)13/h3,5,7-8,11,18H,4,6,9-10H2,1-2H3. The van der Waals surface area contributed by atoms with Crippen LogP contribution < -0.4 is 10.1 Å². The molecule has 0 saturated heterocycles. The van der Waals surface area contributed by atoms with Crippen LogP contribution >= 0.6 is 15.9 Å². The maximum Gasteiger partial charge on any atom is 0.127 e. The third-order valence-electron chi connectivity index (χ3n) is 3.64. The van der Waals surface area contributed by atoms with Crippen molar-refractivity contribution in [3.8, 4) is 5.75 Å². The van der Waals surface area contributed by atoms with E-state index in [4.69, 9.17) is 4.74 Å². The van der Waals surface area contributed by atoms with E-state index in [2.05, 4.69) is 58.4 Å². The molecule has 1 aliphatic rings. The van der Waals surface area contributed by atoms with Gasteiger partial charge in [-0.3, -0.25) is 4.68 Å². The molecule has 0 bridgehead atoms. The van der Waals surface area contributed by atoms with Gasteiger partial charge in [-0.05, 0) is 37.6 Å². The number of fused-ring (bicyclic) bond motifs is 1. The van der Waals surface area contributed by atoms with E-state index in [-0.39, 0.29) is 0 Å². The fraction of sp³-hybridized carbons (Fsp3) is 0.438. The van der Waals surface area contributed by atoms with Crippen molar-refractivity contribution in [2.24, 2.45) is 0 Å². The molecule has 1 aromatic heterocycles. The van der Waals surface area contributed by atoms with E-state index in [9.17, 15) is 0 Å². The molecule has 4 nitrogen and oxygen atoms in total. The predicted molar refractivity (Wildman–Crippen MR) is 86.5 cm³/mol. The topological polar surface area (TPSA) is 39.1 Å². The maximum absolute atomic E-state index is 5.74. The van der Waals surface area contributed by atoms with Gasteiger partial charge in [-0.25, -0.2) is 0 Å². The highest BCUT2D eigenvalue weighted by molar-refractivity contribution is 9.10. The summed E-state index contributed by atoms with van der Waals surface area (Å²) in [5, 5.41) is 8.00. The second kappa shape index (κ2) is 6.20. The van der Waals surface area contributed by atoms with Gasteiger partial charge < -0.3 is 10.1 Å². The Kier molecular flexibility index (Phi) is 4.31. The van der Waals surface area contributed by atoms with Gasteiger partial charge in [-0.15, -0.1) is 0 Å². The number of hydrogen-bond acceptors (Lipinski definition) is 3. The summed E-state index contributed by atoms with van der Waals surface area (Å²) in [5.74, 6) is 1.05. The van der Waals surface area contributed by atoms with Gasteiger partial charge in [0.05, 0.1) is 12.3 Å². The second-order valence-corrected chi connectivity index (χ2v) is 6.55. The molecule has 1 N–H and O–H groups in total. The smallest absolute Gasteiger partial charge is 0.127 e. The van der Waals surface area contributed by atoms with E-state index >= 15 is 0 Å². The fourth-order valence-electron chi connectivity index (χ4n) is 2.56. The molecule has 112 valence electrons. The molecule has 21 heavy (non-hydrogen) atoms. The van der Waals surface area contributed by atoms with E-state index < -0.39 is 0 Å². The lowest BCUT2D eigenvalue weighted by atomic mass is 10.1. The van der Waals surface area contributed by atoms with Crippen molar-refractivity contribution in [2.45, 2.75) is 39.4 Å².